The van der Waals surface area contributed by atoms with E-state index in [0.717, 1.165) is 22.6 Å². The Bertz CT molecular complexity index is 2850. The first-order valence-electron chi connectivity index (χ1n) is 20.2. The van der Waals surface area contributed by atoms with Crippen LogP contribution in [0.2, 0.25) is 0 Å². The maximum atomic E-state index is 2.44. The molecule has 0 aliphatic heterocycles. The number of nitrogens with zero attached hydrogens (tertiary/aromatic N) is 1. The van der Waals surface area contributed by atoms with Gasteiger partial charge in [0.05, 0.1) is 5.41 Å². The summed E-state index contributed by atoms with van der Waals surface area (Å²) in [7, 11) is 0. The van der Waals surface area contributed by atoms with Crippen molar-refractivity contribution in [2.24, 2.45) is 0 Å². The molecule has 8 aromatic carbocycles. The Kier molecular flexibility index (Phi) is 8.92. The van der Waals surface area contributed by atoms with E-state index in [4.69, 9.17) is 0 Å². The zero-order chi connectivity index (χ0) is 39.1. The quantitative estimate of drug-likeness (QED) is 0.140. The van der Waals surface area contributed by atoms with Gasteiger partial charge in [0.1, 0.15) is 0 Å². The first-order valence-corrected chi connectivity index (χ1v) is 20.2. The van der Waals surface area contributed by atoms with E-state index in [0.29, 0.717) is 0 Å². The molecule has 0 N–H and O–H groups in total. The summed E-state index contributed by atoms with van der Waals surface area (Å²) in [6.07, 6.45) is 10.8. The fourth-order valence-electron chi connectivity index (χ4n) is 9.39. The summed E-state index contributed by atoms with van der Waals surface area (Å²) in [5.74, 6) is 0. The van der Waals surface area contributed by atoms with Gasteiger partial charge in [-0.25, -0.2) is 0 Å². The van der Waals surface area contributed by atoms with Crippen LogP contribution in [0.5, 0.6) is 0 Å². The minimum absolute atomic E-state index is 0.353. The lowest BCUT2D eigenvalue weighted by Crippen LogP contribution is -2.25. The molecule has 1 spiro atoms. The molecule has 0 amide bonds. The molecule has 0 heterocycles. The number of rotatable bonds is 8. The highest BCUT2D eigenvalue weighted by atomic mass is 15.1. The Hall–Kier alpha value is -7.22. The lowest BCUT2D eigenvalue weighted by molar-refractivity contribution is 0.794. The zero-order valence-electron chi connectivity index (χ0n) is 32.8. The van der Waals surface area contributed by atoms with Crippen molar-refractivity contribution in [2.75, 3.05) is 4.90 Å². The third-order valence-electron chi connectivity index (χ3n) is 11.8. The van der Waals surface area contributed by atoms with Crippen molar-refractivity contribution in [3.05, 3.63) is 258 Å². The smallest absolute Gasteiger partial charge is 0.0725 e. The Morgan fingerprint density at radius 2 is 0.966 bits per heavy atom. The van der Waals surface area contributed by atoms with E-state index in [1.165, 1.54) is 72.3 Å². The number of hydrogen-bond donors (Lipinski definition) is 0. The molecule has 0 radical (unpaired) electrons. The number of aryl methyl sites for hydroxylation is 1. The molecule has 0 saturated heterocycles. The molecular weight excluding hydrogens is 699 g/mol. The number of allylic oxidation sites excluding steroid dienone is 4. The fourth-order valence-corrected chi connectivity index (χ4v) is 9.39. The monoisotopic (exact) mass is 741 g/mol. The molecular formula is C57H43N. The molecule has 1 nitrogen and oxygen atoms in total. The lowest BCUT2D eigenvalue weighted by atomic mass is 9.70. The van der Waals surface area contributed by atoms with Gasteiger partial charge in [-0.05, 0) is 134 Å². The molecule has 10 rings (SSSR count). The van der Waals surface area contributed by atoms with Gasteiger partial charge in [0.15, 0.2) is 0 Å². The Labute approximate surface area is 342 Å². The number of fused-ring (bicyclic) bond motifs is 10. The average molecular weight is 742 g/mol. The van der Waals surface area contributed by atoms with Crippen LogP contribution >= 0.6 is 0 Å². The first-order chi connectivity index (χ1) is 28.6. The number of anilines is 2. The molecule has 58 heavy (non-hydrogen) atoms. The molecule has 2 aliphatic carbocycles. The van der Waals surface area contributed by atoms with E-state index in [9.17, 15) is 0 Å². The van der Waals surface area contributed by atoms with Crippen molar-refractivity contribution in [3.8, 4) is 44.5 Å². The van der Waals surface area contributed by atoms with Gasteiger partial charge >= 0.3 is 0 Å². The summed E-state index contributed by atoms with van der Waals surface area (Å²) < 4.78 is 0. The van der Waals surface area contributed by atoms with Crippen molar-refractivity contribution in [2.45, 2.75) is 19.3 Å². The van der Waals surface area contributed by atoms with Gasteiger partial charge in [0.25, 0.3) is 0 Å². The van der Waals surface area contributed by atoms with Crippen LogP contribution in [0.3, 0.4) is 0 Å². The Morgan fingerprint density at radius 1 is 0.431 bits per heavy atom. The minimum Gasteiger partial charge on any atom is -0.310 e. The second-order valence-corrected chi connectivity index (χ2v) is 15.3. The highest BCUT2D eigenvalue weighted by Crippen LogP contribution is 2.63. The third-order valence-corrected chi connectivity index (χ3v) is 11.8. The summed E-state index contributed by atoms with van der Waals surface area (Å²) >= 11 is 0. The van der Waals surface area contributed by atoms with Crippen molar-refractivity contribution in [3.63, 3.8) is 0 Å². The molecule has 0 fully saturated rings. The molecule has 0 bridgehead atoms. The summed E-state index contributed by atoms with van der Waals surface area (Å²) in [6, 6.07) is 71.4. The van der Waals surface area contributed by atoms with Gasteiger partial charge in [-0.2, -0.15) is 0 Å². The van der Waals surface area contributed by atoms with E-state index < -0.39 is 0 Å². The normalized spacial score (nSPS) is 13.4. The van der Waals surface area contributed by atoms with E-state index in [1.807, 2.05) is 0 Å². The van der Waals surface area contributed by atoms with Gasteiger partial charge in [-0.3, -0.25) is 0 Å². The third kappa shape index (κ3) is 5.87. The van der Waals surface area contributed by atoms with Gasteiger partial charge in [0, 0.05) is 17.1 Å². The topological polar surface area (TPSA) is 3.24 Å². The molecule has 8 aromatic rings. The van der Waals surface area contributed by atoms with Gasteiger partial charge < -0.3 is 4.90 Å². The van der Waals surface area contributed by atoms with Crippen molar-refractivity contribution >= 4 is 17.5 Å². The van der Waals surface area contributed by atoms with Crippen LogP contribution in [0.25, 0.3) is 50.6 Å². The fraction of sp³-hybridized carbons (Fsp3) is 0.0526. The van der Waals surface area contributed by atoms with Crippen LogP contribution in [0.4, 0.5) is 11.4 Å². The number of benzene rings is 8. The maximum absolute atomic E-state index is 2.44. The molecule has 0 unspecified atom stereocenters. The van der Waals surface area contributed by atoms with Crippen LogP contribution in [-0.4, -0.2) is 0 Å². The highest BCUT2D eigenvalue weighted by Gasteiger charge is 2.51. The SMILES string of the molecule is C/C=C\C=C/C(=Cc1ccccc1)N(c1ccc(-c2ccccc2)cc1)c1cc(C)cc(-c2ccc3c(c2)-c2ccccc2C32c3ccccc3-c3ccccc32)c1. The van der Waals surface area contributed by atoms with Crippen LogP contribution in [0.1, 0.15) is 40.3 Å². The zero-order valence-corrected chi connectivity index (χ0v) is 32.8. The second-order valence-electron chi connectivity index (χ2n) is 15.3. The molecule has 0 atom stereocenters. The predicted molar refractivity (Wildman–Crippen MR) is 245 cm³/mol. The van der Waals surface area contributed by atoms with Gasteiger partial charge in [0.2, 0.25) is 0 Å². The number of hydrogen-bond acceptors (Lipinski definition) is 1. The second kappa shape index (κ2) is 14.7. The van der Waals surface area contributed by atoms with Crippen LogP contribution in [0.15, 0.2) is 224 Å². The average Bonchev–Trinajstić information content (AvgIpc) is 3.74. The molecule has 276 valence electrons. The van der Waals surface area contributed by atoms with Crippen molar-refractivity contribution < 1.29 is 0 Å². The maximum Gasteiger partial charge on any atom is 0.0725 e. The molecule has 1 heteroatoms. The molecule has 0 aromatic heterocycles. The Morgan fingerprint density at radius 3 is 1.60 bits per heavy atom. The van der Waals surface area contributed by atoms with Crippen molar-refractivity contribution in [1.29, 1.82) is 0 Å². The van der Waals surface area contributed by atoms with Gasteiger partial charge in [-0.15, -0.1) is 0 Å². The van der Waals surface area contributed by atoms with E-state index in [2.05, 4.69) is 243 Å². The van der Waals surface area contributed by atoms with Crippen LogP contribution < -0.4 is 4.90 Å². The largest absolute Gasteiger partial charge is 0.310 e. The van der Waals surface area contributed by atoms with Gasteiger partial charge in [-0.1, -0.05) is 182 Å². The summed E-state index contributed by atoms with van der Waals surface area (Å²) in [4.78, 5) is 2.39. The standard InChI is InChI=1S/C57H43N/c1-3-4-7-22-47(37-41-18-8-5-9-19-41)58(46-32-29-43(30-33-46)42-20-10-6-11-21-42)48-36-40(2)35-45(38-48)44-31-34-56-52(39-44)51-25-14-17-28-55(51)57(56)53-26-15-12-23-49(53)50-24-13-16-27-54(50)57/h3-39H,1-2H3/b4-3-,22-7-,47-37?. The highest BCUT2D eigenvalue weighted by molar-refractivity contribution is 5.96. The first kappa shape index (κ1) is 35.2. The van der Waals surface area contributed by atoms with Crippen molar-refractivity contribution in [1.82, 2.24) is 0 Å². The summed E-state index contributed by atoms with van der Waals surface area (Å²) in [6.45, 7) is 4.27. The summed E-state index contributed by atoms with van der Waals surface area (Å²) in [5, 5.41) is 0. The van der Waals surface area contributed by atoms with Crippen LogP contribution in [-0.2, 0) is 5.41 Å². The Balaban J connectivity index is 1.14. The van der Waals surface area contributed by atoms with E-state index >= 15 is 0 Å². The predicted octanol–water partition coefficient (Wildman–Crippen LogP) is 15.0. The minimum atomic E-state index is -0.353. The van der Waals surface area contributed by atoms with E-state index in [1.54, 1.807) is 0 Å². The van der Waals surface area contributed by atoms with E-state index in [-0.39, 0.29) is 5.41 Å². The molecule has 0 saturated carbocycles. The lowest BCUT2D eigenvalue weighted by Gasteiger charge is -2.30. The van der Waals surface area contributed by atoms with Crippen LogP contribution in [0, 0.1) is 6.92 Å². The summed E-state index contributed by atoms with van der Waals surface area (Å²) in [5.41, 5.74) is 20.7. The molecule has 2 aliphatic rings.